The van der Waals surface area contributed by atoms with Crippen LogP contribution in [0.15, 0.2) is 47.4 Å². The van der Waals surface area contributed by atoms with E-state index in [0.29, 0.717) is 26.0 Å². The molecule has 2 aromatic carbocycles. The van der Waals surface area contributed by atoms with E-state index in [0.717, 1.165) is 23.7 Å². The first-order valence-electron chi connectivity index (χ1n) is 9.19. The molecule has 0 spiro atoms. The third-order valence-electron chi connectivity index (χ3n) is 5.05. The SMILES string of the molecule is O=C(C1CCCO1)N1CCc2cc(NS(=O)(=O)c3ccccc3[N+](=O)[O-])ccc21. The number of benzene rings is 2. The zero-order valence-corrected chi connectivity index (χ0v) is 16.2. The molecule has 0 aliphatic carbocycles. The lowest BCUT2D eigenvalue weighted by atomic mass is 10.1. The van der Waals surface area contributed by atoms with Gasteiger partial charge in [0.05, 0.1) is 4.92 Å². The van der Waals surface area contributed by atoms with Crippen LogP contribution in [0, 0.1) is 10.1 Å². The van der Waals surface area contributed by atoms with E-state index in [-0.39, 0.29) is 11.6 Å². The fraction of sp³-hybridized carbons (Fsp3) is 0.316. The number of amides is 1. The van der Waals surface area contributed by atoms with Gasteiger partial charge in [0, 0.05) is 30.6 Å². The van der Waals surface area contributed by atoms with E-state index in [2.05, 4.69) is 4.72 Å². The first-order chi connectivity index (χ1) is 13.9. The highest BCUT2D eigenvalue weighted by molar-refractivity contribution is 7.92. The first kappa shape index (κ1) is 19.3. The molecule has 1 atom stereocenters. The van der Waals surface area contributed by atoms with Gasteiger partial charge in [0.2, 0.25) is 0 Å². The molecule has 4 rings (SSSR count). The standard InChI is InChI=1S/C19H19N3O6S/c23-19(17-5-3-11-28-17)21-10-9-13-12-14(7-8-15(13)21)20-29(26,27)18-6-2-1-4-16(18)22(24)25/h1-2,4,6-8,12,17,20H,3,5,9-11H2. The third-order valence-corrected chi connectivity index (χ3v) is 6.48. The van der Waals surface area contributed by atoms with Crippen LogP contribution in [0.2, 0.25) is 0 Å². The lowest BCUT2D eigenvalue weighted by molar-refractivity contribution is -0.387. The number of sulfonamides is 1. The molecule has 0 bridgehead atoms. The zero-order chi connectivity index (χ0) is 20.6. The monoisotopic (exact) mass is 417 g/mol. The number of nitro benzene ring substituents is 1. The molecule has 2 aliphatic rings. The lowest BCUT2D eigenvalue weighted by Gasteiger charge is -2.21. The number of carbonyl (C=O) groups excluding carboxylic acids is 1. The smallest absolute Gasteiger partial charge is 0.289 e. The summed E-state index contributed by atoms with van der Waals surface area (Å²) >= 11 is 0. The van der Waals surface area contributed by atoms with Gasteiger partial charge in [0.25, 0.3) is 21.6 Å². The Bertz CT molecular complexity index is 1080. The zero-order valence-electron chi connectivity index (χ0n) is 15.4. The van der Waals surface area contributed by atoms with Crippen LogP contribution in [-0.2, 0) is 26.0 Å². The number of nitrogens with zero attached hydrogens (tertiary/aromatic N) is 2. The largest absolute Gasteiger partial charge is 0.368 e. The van der Waals surface area contributed by atoms with Crippen LogP contribution >= 0.6 is 0 Å². The maximum Gasteiger partial charge on any atom is 0.289 e. The average molecular weight is 417 g/mol. The van der Waals surface area contributed by atoms with Crippen LogP contribution in [0.5, 0.6) is 0 Å². The number of nitrogens with one attached hydrogen (secondary N) is 1. The molecule has 1 fully saturated rings. The predicted octanol–water partition coefficient (Wildman–Crippen LogP) is 2.46. The molecule has 1 saturated heterocycles. The molecule has 0 saturated carbocycles. The van der Waals surface area contributed by atoms with Crippen molar-refractivity contribution in [3.05, 3.63) is 58.1 Å². The van der Waals surface area contributed by atoms with Crippen molar-refractivity contribution in [2.24, 2.45) is 0 Å². The summed E-state index contributed by atoms with van der Waals surface area (Å²) in [5.41, 5.74) is 1.36. The minimum absolute atomic E-state index is 0.0745. The highest BCUT2D eigenvalue weighted by Gasteiger charge is 2.33. The van der Waals surface area contributed by atoms with Gasteiger partial charge < -0.3 is 9.64 Å². The molecule has 2 aromatic rings. The van der Waals surface area contributed by atoms with Crippen molar-refractivity contribution in [1.29, 1.82) is 0 Å². The Morgan fingerprint density at radius 2 is 2.03 bits per heavy atom. The van der Waals surface area contributed by atoms with Crippen molar-refractivity contribution in [2.75, 3.05) is 22.8 Å². The summed E-state index contributed by atoms with van der Waals surface area (Å²) in [6.07, 6.45) is 1.74. The molecular formula is C19H19N3O6S. The van der Waals surface area contributed by atoms with Crippen molar-refractivity contribution in [3.63, 3.8) is 0 Å². The highest BCUT2D eigenvalue weighted by Crippen LogP contribution is 2.33. The molecule has 2 aliphatic heterocycles. The highest BCUT2D eigenvalue weighted by atomic mass is 32.2. The summed E-state index contributed by atoms with van der Waals surface area (Å²) in [6, 6.07) is 10.1. The van der Waals surface area contributed by atoms with Gasteiger partial charge >= 0.3 is 0 Å². The number of rotatable bonds is 5. The molecule has 0 aromatic heterocycles. The summed E-state index contributed by atoms with van der Waals surface area (Å²) < 4.78 is 33.2. The second-order valence-electron chi connectivity index (χ2n) is 6.92. The van der Waals surface area contributed by atoms with Crippen molar-refractivity contribution in [2.45, 2.75) is 30.3 Å². The number of hydrogen-bond donors (Lipinski definition) is 1. The molecule has 9 nitrogen and oxygen atoms in total. The van der Waals surface area contributed by atoms with Gasteiger partial charge in [-0.3, -0.25) is 19.6 Å². The Morgan fingerprint density at radius 1 is 1.24 bits per heavy atom. The summed E-state index contributed by atoms with van der Waals surface area (Å²) in [6.45, 7) is 1.10. The maximum absolute atomic E-state index is 12.7. The number of carbonyl (C=O) groups is 1. The molecule has 1 N–H and O–H groups in total. The molecular weight excluding hydrogens is 398 g/mol. The summed E-state index contributed by atoms with van der Waals surface area (Å²) in [7, 11) is -4.14. The Hall–Kier alpha value is -2.98. The second-order valence-corrected chi connectivity index (χ2v) is 8.57. The van der Waals surface area contributed by atoms with E-state index >= 15 is 0 Å². The predicted molar refractivity (Wildman–Crippen MR) is 105 cm³/mol. The second kappa shape index (κ2) is 7.45. The van der Waals surface area contributed by atoms with Crippen molar-refractivity contribution in [3.8, 4) is 0 Å². The summed E-state index contributed by atoms with van der Waals surface area (Å²) in [5, 5.41) is 11.1. The van der Waals surface area contributed by atoms with Gasteiger partial charge in [-0.05, 0) is 49.1 Å². The first-order valence-corrected chi connectivity index (χ1v) is 10.7. The van der Waals surface area contributed by atoms with Crippen LogP contribution in [0.3, 0.4) is 0 Å². The van der Waals surface area contributed by atoms with Crippen LogP contribution < -0.4 is 9.62 Å². The Morgan fingerprint density at radius 3 is 2.76 bits per heavy atom. The summed E-state index contributed by atoms with van der Waals surface area (Å²) in [4.78, 5) is 24.3. The average Bonchev–Trinajstić information content (AvgIpc) is 3.37. The van der Waals surface area contributed by atoms with E-state index in [1.165, 1.54) is 18.2 Å². The van der Waals surface area contributed by atoms with Gasteiger partial charge in [-0.2, -0.15) is 0 Å². The van der Waals surface area contributed by atoms with Crippen LogP contribution in [0.1, 0.15) is 18.4 Å². The number of ether oxygens (including phenoxy) is 1. The molecule has 10 heteroatoms. The molecule has 2 heterocycles. The Balaban J connectivity index is 1.57. The van der Waals surface area contributed by atoms with Crippen molar-refractivity contribution in [1.82, 2.24) is 0 Å². The normalized spacial score (nSPS) is 18.5. The number of nitro groups is 1. The van der Waals surface area contributed by atoms with Gasteiger partial charge in [-0.1, -0.05) is 12.1 Å². The van der Waals surface area contributed by atoms with Crippen molar-refractivity contribution < 1.29 is 22.9 Å². The summed E-state index contributed by atoms with van der Waals surface area (Å²) in [5.74, 6) is -0.0745. The molecule has 0 radical (unpaired) electrons. The minimum Gasteiger partial charge on any atom is -0.368 e. The molecule has 1 amide bonds. The fourth-order valence-corrected chi connectivity index (χ4v) is 4.91. The Labute approximate surface area is 167 Å². The number of anilines is 2. The third kappa shape index (κ3) is 3.68. The van der Waals surface area contributed by atoms with Crippen molar-refractivity contribution >= 4 is 33.0 Å². The van der Waals surface area contributed by atoms with Gasteiger partial charge in [0.1, 0.15) is 6.10 Å². The number of para-hydroxylation sites is 1. The van der Waals surface area contributed by atoms with E-state index in [9.17, 15) is 23.3 Å². The molecule has 1 unspecified atom stereocenters. The number of fused-ring (bicyclic) bond motifs is 1. The van der Waals surface area contributed by atoms with Crippen LogP contribution in [0.25, 0.3) is 0 Å². The minimum atomic E-state index is -4.14. The van der Waals surface area contributed by atoms with Gasteiger partial charge in [-0.15, -0.1) is 0 Å². The topological polar surface area (TPSA) is 119 Å². The van der Waals surface area contributed by atoms with E-state index < -0.39 is 31.6 Å². The number of hydrogen-bond acceptors (Lipinski definition) is 6. The lowest BCUT2D eigenvalue weighted by Crippen LogP contribution is -2.37. The van der Waals surface area contributed by atoms with Crippen LogP contribution in [0.4, 0.5) is 17.1 Å². The maximum atomic E-state index is 12.7. The van der Waals surface area contributed by atoms with Gasteiger partial charge in [0.15, 0.2) is 4.90 Å². The fourth-order valence-electron chi connectivity index (χ4n) is 3.69. The van der Waals surface area contributed by atoms with E-state index in [1.54, 1.807) is 23.1 Å². The van der Waals surface area contributed by atoms with Gasteiger partial charge in [-0.25, -0.2) is 8.42 Å². The van der Waals surface area contributed by atoms with E-state index in [4.69, 9.17) is 4.74 Å². The van der Waals surface area contributed by atoms with E-state index in [1.807, 2.05) is 0 Å². The Kier molecular flexibility index (Phi) is 4.97. The quantitative estimate of drug-likeness (QED) is 0.590. The molecule has 152 valence electrons. The van der Waals surface area contributed by atoms with Crippen LogP contribution in [-0.4, -0.2) is 38.5 Å². The molecule has 29 heavy (non-hydrogen) atoms.